The maximum absolute atomic E-state index is 12.3. The summed E-state index contributed by atoms with van der Waals surface area (Å²) in [6.07, 6.45) is 1.63. The molecule has 0 unspecified atom stereocenters. The lowest BCUT2D eigenvalue weighted by atomic mass is 10.1. The highest BCUT2D eigenvalue weighted by Gasteiger charge is 2.13. The summed E-state index contributed by atoms with van der Waals surface area (Å²) in [4.78, 5) is 12.3. The van der Waals surface area contributed by atoms with Crippen molar-refractivity contribution in [1.29, 1.82) is 0 Å². The summed E-state index contributed by atoms with van der Waals surface area (Å²) in [5.74, 6) is 0. The number of urea groups is 1. The van der Waals surface area contributed by atoms with E-state index >= 15 is 0 Å². The minimum atomic E-state index is -0.321. The van der Waals surface area contributed by atoms with E-state index in [1.807, 2.05) is 61.6 Å². The molecule has 0 radical (unpaired) electrons. The van der Waals surface area contributed by atoms with Crippen LogP contribution in [0.2, 0.25) is 0 Å². The molecule has 0 saturated carbocycles. The van der Waals surface area contributed by atoms with Crippen LogP contribution in [0.25, 0.3) is 11.3 Å². The van der Waals surface area contributed by atoms with Gasteiger partial charge in [0, 0.05) is 19.2 Å². The van der Waals surface area contributed by atoms with Crippen LogP contribution in [0.5, 0.6) is 0 Å². The van der Waals surface area contributed by atoms with E-state index in [1.54, 1.807) is 10.9 Å². The number of nitrogens with one attached hydrogen (secondary N) is 2. The first-order valence-electron chi connectivity index (χ1n) is 7.99. The zero-order chi connectivity index (χ0) is 17.6. The van der Waals surface area contributed by atoms with Crippen LogP contribution in [-0.4, -0.2) is 20.9 Å². The standard InChI is InChI=1S/C19H20N4O2/c1-23-18(14-7-3-2-4-8-14)17(12-21-23)22-19(25)20-11-15-9-5-6-10-16(15)13-24/h2-10,12,24H,11,13H2,1H3,(H2,20,22,25). The molecule has 0 atom stereocenters. The molecule has 3 N–H and O–H groups in total. The first-order valence-corrected chi connectivity index (χ1v) is 7.99. The largest absolute Gasteiger partial charge is 0.392 e. The van der Waals surface area contributed by atoms with Gasteiger partial charge in [-0.2, -0.15) is 5.10 Å². The fourth-order valence-corrected chi connectivity index (χ4v) is 2.69. The van der Waals surface area contributed by atoms with Gasteiger partial charge in [-0.15, -0.1) is 0 Å². The lowest BCUT2D eigenvalue weighted by molar-refractivity contribution is 0.251. The third kappa shape index (κ3) is 3.87. The third-order valence-corrected chi connectivity index (χ3v) is 3.96. The molecule has 2 aromatic carbocycles. The normalized spacial score (nSPS) is 10.5. The molecule has 128 valence electrons. The van der Waals surface area contributed by atoms with Crippen molar-refractivity contribution < 1.29 is 9.90 Å². The molecule has 3 rings (SSSR count). The second kappa shape index (κ2) is 7.63. The van der Waals surface area contributed by atoms with E-state index < -0.39 is 0 Å². The van der Waals surface area contributed by atoms with Crippen LogP contribution in [0.15, 0.2) is 60.8 Å². The molecule has 25 heavy (non-hydrogen) atoms. The average molecular weight is 336 g/mol. The number of aliphatic hydroxyl groups is 1. The van der Waals surface area contributed by atoms with Gasteiger partial charge in [0.1, 0.15) is 0 Å². The number of aromatic nitrogens is 2. The van der Waals surface area contributed by atoms with Crippen molar-refractivity contribution in [1.82, 2.24) is 15.1 Å². The second-order valence-corrected chi connectivity index (χ2v) is 5.63. The Morgan fingerprint density at radius 1 is 1.08 bits per heavy atom. The lowest BCUT2D eigenvalue weighted by Gasteiger charge is -2.11. The quantitative estimate of drug-likeness (QED) is 0.670. The number of aryl methyl sites for hydroxylation is 1. The molecule has 6 nitrogen and oxygen atoms in total. The Morgan fingerprint density at radius 3 is 2.48 bits per heavy atom. The van der Waals surface area contributed by atoms with Gasteiger partial charge in [0.15, 0.2) is 0 Å². The molecule has 0 aliphatic heterocycles. The second-order valence-electron chi connectivity index (χ2n) is 5.63. The Balaban J connectivity index is 1.70. The maximum atomic E-state index is 12.3. The molecular formula is C19H20N4O2. The molecule has 0 spiro atoms. The van der Waals surface area contributed by atoms with Crippen molar-refractivity contribution in [3.8, 4) is 11.3 Å². The van der Waals surface area contributed by atoms with Crippen LogP contribution in [0, 0.1) is 0 Å². The minimum absolute atomic E-state index is 0.0553. The molecular weight excluding hydrogens is 316 g/mol. The Kier molecular flexibility index (Phi) is 5.11. The highest BCUT2D eigenvalue weighted by atomic mass is 16.3. The van der Waals surface area contributed by atoms with Crippen LogP contribution >= 0.6 is 0 Å². The van der Waals surface area contributed by atoms with E-state index in [-0.39, 0.29) is 12.6 Å². The van der Waals surface area contributed by atoms with Crippen molar-refractivity contribution in [2.75, 3.05) is 5.32 Å². The van der Waals surface area contributed by atoms with Gasteiger partial charge in [0.2, 0.25) is 0 Å². The molecule has 0 saturated heterocycles. The molecule has 0 bridgehead atoms. The number of rotatable bonds is 5. The Hall–Kier alpha value is -3.12. The van der Waals surface area contributed by atoms with Gasteiger partial charge >= 0.3 is 6.03 Å². The molecule has 0 aliphatic rings. The van der Waals surface area contributed by atoms with Crippen molar-refractivity contribution >= 4 is 11.7 Å². The number of carbonyl (C=O) groups excluding carboxylic acids is 1. The minimum Gasteiger partial charge on any atom is -0.392 e. The Labute approximate surface area is 146 Å². The zero-order valence-electron chi connectivity index (χ0n) is 13.9. The molecule has 1 heterocycles. The third-order valence-electron chi connectivity index (χ3n) is 3.96. The molecule has 0 aliphatic carbocycles. The zero-order valence-corrected chi connectivity index (χ0v) is 13.9. The fourth-order valence-electron chi connectivity index (χ4n) is 2.69. The predicted octanol–water partition coefficient (Wildman–Crippen LogP) is 2.90. The van der Waals surface area contributed by atoms with Crippen LogP contribution in [-0.2, 0) is 20.2 Å². The van der Waals surface area contributed by atoms with Gasteiger partial charge in [-0.1, -0.05) is 54.6 Å². The maximum Gasteiger partial charge on any atom is 0.319 e. The number of amides is 2. The summed E-state index contributed by atoms with van der Waals surface area (Å²) in [5, 5.41) is 19.2. The van der Waals surface area contributed by atoms with Gasteiger partial charge in [-0.05, 0) is 11.1 Å². The number of nitrogens with zero attached hydrogens (tertiary/aromatic N) is 2. The summed E-state index contributed by atoms with van der Waals surface area (Å²) < 4.78 is 1.73. The predicted molar refractivity (Wildman–Crippen MR) is 96.9 cm³/mol. The molecule has 1 aromatic heterocycles. The first kappa shape index (κ1) is 16.7. The molecule has 0 fully saturated rings. The Morgan fingerprint density at radius 2 is 1.76 bits per heavy atom. The summed E-state index contributed by atoms with van der Waals surface area (Å²) in [5.41, 5.74) is 4.14. The fraction of sp³-hybridized carbons (Fsp3) is 0.158. The number of hydrogen-bond donors (Lipinski definition) is 3. The number of hydrogen-bond acceptors (Lipinski definition) is 3. The summed E-state index contributed by atoms with van der Waals surface area (Å²) in [6.45, 7) is 0.281. The summed E-state index contributed by atoms with van der Waals surface area (Å²) >= 11 is 0. The van der Waals surface area contributed by atoms with Gasteiger partial charge in [0.05, 0.1) is 24.2 Å². The van der Waals surface area contributed by atoms with Crippen LogP contribution in [0.1, 0.15) is 11.1 Å². The topological polar surface area (TPSA) is 79.2 Å². The molecule has 2 amide bonds. The van der Waals surface area contributed by atoms with E-state index in [9.17, 15) is 9.90 Å². The van der Waals surface area contributed by atoms with Crippen molar-refractivity contribution in [2.45, 2.75) is 13.2 Å². The van der Waals surface area contributed by atoms with E-state index in [2.05, 4.69) is 15.7 Å². The van der Waals surface area contributed by atoms with E-state index in [4.69, 9.17) is 0 Å². The Bertz CT molecular complexity index is 859. The molecule has 3 aromatic rings. The van der Waals surface area contributed by atoms with Crippen molar-refractivity contribution in [2.24, 2.45) is 7.05 Å². The van der Waals surface area contributed by atoms with Gasteiger partial charge < -0.3 is 15.7 Å². The van der Waals surface area contributed by atoms with Gasteiger partial charge in [0.25, 0.3) is 0 Å². The van der Waals surface area contributed by atoms with Gasteiger partial charge in [-0.3, -0.25) is 4.68 Å². The van der Waals surface area contributed by atoms with E-state index in [0.29, 0.717) is 12.2 Å². The van der Waals surface area contributed by atoms with Crippen LogP contribution in [0.3, 0.4) is 0 Å². The number of anilines is 1. The first-order chi connectivity index (χ1) is 12.2. The number of carbonyl (C=O) groups is 1. The molecule has 6 heteroatoms. The highest BCUT2D eigenvalue weighted by molar-refractivity contribution is 5.93. The number of aliphatic hydroxyl groups excluding tert-OH is 1. The smallest absolute Gasteiger partial charge is 0.319 e. The lowest BCUT2D eigenvalue weighted by Crippen LogP contribution is -2.28. The van der Waals surface area contributed by atoms with E-state index in [0.717, 1.165) is 22.4 Å². The number of benzene rings is 2. The average Bonchev–Trinajstić information content (AvgIpc) is 3.01. The summed E-state index contributed by atoms with van der Waals surface area (Å²) in [6, 6.07) is 16.9. The SMILES string of the molecule is Cn1ncc(NC(=O)NCc2ccccc2CO)c1-c1ccccc1. The van der Waals surface area contributed by atoms with E-state index in [1.165, 1.54) is 0 Å². The monoisotopic (exact) mass is 336 g/mol. The van der Waals surface area contributed by atoms with Crippen molar-refractivity contribution in [3.63, 3.8) is 0 Å². The van der Waals surface area contributed by atoms with Crippen molar-refractivity contribution in [3.05, 3.63) is 71.9 Å². The van der Waals surface area contributed by atoms with Crippen LogP contribution in [0.4, 0.5) is 10.5 Å². The summed E-state index contributed by atoms with van der Waals surface area (Å²) in [7, 11) is 1.84. The highest BCUT2D eigenvalue weighted by Crippen LogP contribution is 2.26. The van der Waals surface area contributed by atoms with Crippen LogP contribution < -0.4 is 10.6 Å². The van der Waals surface area contributed by atoms with Gasteiger partial charge in [-0.25, -0.2) is 4.79 Å².